The molecule has 2 N–H and O–H groups in total. The van der Waals surface area contributed by atoms with Crippen LogP contribution in [-0.4, -0.2) is 29.4 Å². The summed E-state index contributed by atoms with van der Waals surface area (Å²) in [6.07, 6.45) is 3.89. The Morgan fingerprint density at radius 1 is 1.46 bits per heavy atom. The van der Waals surface area contributed by atoms with E-state index in [9.17, 15) is 17.9 Å². The molecule has 2 aromatic rings. The van der Waals surface area contributed by atoms with Gasteiger partial charge in [-0.25, -0.2) is 17.5 Å². The molecule has 0 bridgehead atoms. The molecule has 9 heteroatoms. The molecule has 6 nitrogen and oxygen atoms in total. The first kappa shape index (κ1) is 17.3. The molecule has 1 aliphatic carbocycles. The number of nitrogens with zero attached hydrogens (tertiary/aromatic N) is 2. The summed E-state index contributed by atoms with van der Waals surface area (Å²) in [5.74, 6) is -0.650. The fourth-order valence-electron chi connectivity index (χ4n) is 2.86. The SMILES string of the molecule is Cn1cc([C@@H](NS(=O)(=O)c2ccc(F)cc2Cl)C2CC(O)C2)cn1. The summed E-state index contributed by atoms with van der Waals surface area (Å²) in [5.41, 5.74) is 0.705. The van der Waals surface area contributed by atoms with Gasteiger partial charge in [-0.2, -0.15) is 5.10 Å². The number of sulfonamides is 1. The van der Waals surface area contributed by atoms with E-state index in [1.165, 1.54) is 0 Å². The minimum Gasteiger partial charge on any atom is -0.393 e. The lowest BCUT2D eigenvalue weighted by atomic mass is 9.76. The minimum atomic E-state index is -3.95. The van der Waals surface area contributed by atoms with Gasteiger partial charge in [-0.3, -0.25) is 4.68 Å². The number of nitrogens with one attached hydrogen (secondary N) is 1. The summed E-state index contributed by atoms with van der Waals surface area (Å²) in [7, 11) is -2.21. The Morgan fingerprint density at radius 3 is 2.71 bits per heavy atom. The molecule has 1 aromatic heterocycles. The molecule has 1 fully saturated rings. The molecule has 0 aliphatic heterocycles. The van der Waals surface area contributed by atoms with Gasteiger partial charge in [0, 0.05) is 18.8 Å². The number of hydrogen-bond acceptors (Lipinski definition) is 4. The second-order valence-electron chi connectivity index (χ2n) is 6.01. The number of aliphatic hydroxyl groups excluding tert-OH is 1. The van der Waals surface area contributed by atoms with E-state index in [4.69, 9.17) is 11.6 Å². The van der Waals surface area contributed by atoms with Crippen LogP contribution in [0.4, 0.5) is 4.39 Å². The van der Waals surface area contributed by atoms with Crippen molar-refractivity contribution in [2.75, 3.05) is 0 Å². The number of benzene rings is 1. The summed E-state index contributed by atoms with van der Waals surface area (Å²) in [5, 5.41) is 13.4. The lowest BCUT2D eigenvalue weighted by Crippen LogP contribution is -2.41. The van der Waals surface area contributed by atoms with Crippen LogP contribution in [0.25, 0.3) is 0 Å². The van der Waals surface area contributed by atoms with Crippen LogP contribution in [0, 0.1) is 11.7 Å². The van der Waals surface area contributed by atoms with E-state index in [1.54, 1.807) is 24.1 Å². The maximum absolute atomic E-state index is 13.2. The van der Waals surface area contributed by atoms with E-state index >= 15 is 0 Å². The van der Waals surface area contributed by atoms with E-state index in [1.807, 2.05) is 0 Å². The van der Waals surface area contributed by atoms with Crippen LogP contribution < -0.4 is 4.72 Å². The summed E-state index contributed by atoms with van der Waals surface area (Å²) in [6, 6.07) is 2.61. The van der Waals surface area contributed by atoms with E-state index in [2.05, 4.69) is 9.82 Å². The van der Waals surface area contributed by atoms with Gasteiger partial charge in [0.2, 0.25) is 10.0 Å². The van der Waals surface area contributed by atoms with Gasteiger partial charge in [-0.15, -0.1) is 0 Å². The maximum Gasteiger partial charge on any atom is 0.242 e. The number of hydrogen-bond donors (Lipinski definition) is 2. The van der Waals surface area contributed by atoms with Gasteiger partial charge >= 0.3 is 0 Å². The minimum absolute atomic E-state index is 0.0433. The smallest absolute Gasteiger partial charge is 0.242 e. The number of rotatable bonds is 5. The highest BCUT2D eigenvalue weighted by Gasteiger charge is 2.38. The summed E-state index contributed by atoms with van der Waals surface area (Å²) >= 11 is 5.88. The molecular formula is C15H17ClFN3O3S. The zero-order valence-corrected chi connectivity index (χ0v) is 14.4. The third kappa shape index (κ3) is 3.46. The van der Waals surface area contributed by atoms with Crippen LogP contribution in [0.1, 0.15) is 24.4 Å². The Kier molecular flexibility index (Phi) is 4.65. The molecule has 24 heavy (non-hydrogen) atoms. The molecule has 1 heterocycles. The van der Waals surface area contributed by atoms with Crippen molar-refractivity contribution in [2.24, 2.45) is 13.0 Å². The molecule has 1 aromatic carbocycles. The van der Waals surface area contributed by atoms with Crippen molar-refractivity contribution in [3.8, 4) is 0 Å². The molecule has 0 radical (unpaired) electrons. The molecule has 0 saturated heterocycles. The Bertz CT molecular complexity index is 849. The molecule has 0 unspecified atom stereocenters. The van der Waals surface area contributed by atoms with Crippen molar-refractivity contribution >= 4 is 21.6 Å². The van der Waals surface area contributed by atoms with Gasteiger partial charge in [0.05, 0.1) is 23.4 Å². The van der Waals surface area contributed by atoms with Gasteiger partial charge in [-0.1, -0.05) is 11.6 Å². The molecule has 0 amide bonds. The predicted molar refractivity (Wildman–Crippen MR) is 86.4 cm³/mol. The fourth-order valence-corrected chi connectivity index (χ4v) is 4.69. The first-order valence-corrected chi connectivity index (χ1v) is 9.26. The normalized spacial score (nSPS) is 22.2. The van der Waals surface area contributed by atoms with Gasteiger partial charge < -0.3 is 5.11 Å². The second-order valence-corrected chi connectivity index (χ2v) is 8.10. The molecule has 0 spiro atoms. The Balaban J connectivity index is 1.91. The zero-order chi connectivity index (χ0) is 17.5. The number of halogens is 2. The van der Waals surface area contributed by atoms with Gasteiger partial charge in [0.1, 0.15) is 10.7 Å². The standard InChI is InChI=1S/C15H17ClFN3O3S/c1-20-8-10(7-18-20)15(9-4-12(21)5-9)19-24(22,23)14-3-2-11(17)6-13(14)16/h2-3,6-9,12,15,19,21H,4-5H2,1H3/t9?,12?,15-/m0/s1. The van der Waals surface area contributed by atoms with Crippen LogP contribution in [-0.2, 0) is 17.1 Å². The molecule has 1 saturated carbocycles. The van der Waals surface area contributed by atoms with Gasteiger partial charge in [0.25, 0.3) is 0 Å². The average Bonchev–Trinajstić information content (AvgIpc) is 2.88. The van der Waals surface area contributed by atoms with Gasteiger partial charge in [-0.05, 0) is 37.0 Å². The molecular weight excluding hydrogens is 357 g/mol. The van der Waals surface area contributed by atoms with E-state index in [0.717, 1.165) is 18.2 Å². The molecule has 3 rings (SSSR count). The zero-order valence-electron chi connectivity index (χ0n) is 12.9. The third-order valence-electron chi connectivity index (χ3n) is 4.17. The predicted octanol–water partition coefficient (Wildman–Crippen LogP) is 2.00. The molecule has 1 aliphatic rings. The van der Waals surface area contributed by atoms with Crippen LogP contribution in [0.2, 0.25) is 5.02 Å². The van der Waals surface area contributed by atoms with Crippen LogP contribution in [0.15, 0.2) is 35.5 Å². The highest BCUT2D eigenvalue weighted by molar-refractivity contribution is 7.89. The highest BCUT2D eigenvalue weighted by Crippen LogP contribution is 2.39. The highest BCUT2D eigenvalue weighted by atomic mass is 35.5. The van der Waals surface area contributed by atoms with E-state index < -0.39 is 28.0 Å². The van der Waals surface area contributed by atoms with Crippen molar-refractivity contribution in [1.82, 2.24) is 14.5 Å². The van der Waals surface area contributed by atoms with E-state index in [-0.39, 0.29) is 15.8 Å². The lowest BCUT2D eigenvalue weighted by molar-refractivity contribution is 0.0280. The first-order valence-electron chi connectivity index (χ1n) is 7.40. The quantitative estimate of drug-likeness (QED) is 0.839. The Morgan fingerprint density at radius 2 is 2.17 bits per heavy atom. The third-order valence-corrected chi connectivity index (χ3v) is 6.09. The van der Waals surface area contributed by atoms with Gasteiger partial charge in [0.15, 0.2) is 0 Å². The fraction of sp³-hybridized carbons (Fsp3) is 0.400. The number of aliphatic hydroxyl groups is 1. The lowest BCUT2D eigenvalue weighted by Gasteiger charge is -2.37. The molecule has 130 valence electrons. The summed E-state index contributed by atoms with van der Waals surface area (Å²) in [6.45, 7) is 0. The number of aromatic nitrogens is 2. The molecule has 1 atom stereocenters. The van der Waals surface area contributed by atoms with Crippen molar-refractivity contribution in [1.29, 1.82) is 0 Å². The van der Waals surface area contributed by atoms with Crippen molar-refractivity contribution < 1.29 is 17.9 Å². The van der Waals surface area contributed by atoms with Crippen molar-refractivity contribution in [3.63, 3.8) is 0 Å². The Labute approximate surface area is 144 Å². The van der Waals surface area contributed by atoms with Crippen molar-refractivity contribution in [2.45, 2.75) is 29.9 Å². The number of aryl methyl sites for hydroxylation is 1. The topological polar surface area (TPSA) is 84.2 Å². The monoisotopic (exact) mass is 373 g/mol. The maximum atomic E-state index is 13.2. The summed E-state index contributed by atoms with van der Waals surface area (Å²) in [4.78, 5) is -0.181. The second kappa shape index (κ2) is 6.44. The first-order chi connectivity index (χ1) is 11.3. The summed E-state index contributed by atoms with van der Waals surface area (Å²) < 4.78 is 42.7. The average molecular weight is 374 g/mol. The van der Waals surface area contributed by atoms with Crippen LogP contribution in [0.3, 0.4) is 0 Å². The largest absolute Gasteiger partial charge is 0.393 e. The van der Waals surface area contributed by atoms with Crippen molar-refractivity contribution in [3.05, 3.63) is 47.0 Å². The van der Waals surface area contributed by atoms with Crippen LogP contribution >= 0.6 is 11.6 Å². The Hall–Kier alpha value is -1.48. The van der Waals surface area contributed by atoms with E-state index in [0.29, 0.717) is 18.4 Å². The van der Waals surface area contributed by atoms with Crippen LogP contribution in [0.5, 0.6) is 0 Å².